The lowest BCUT2D eigenvalue weighted by Crippen LogP contribution is -1.98. The molecule has 0 aliphatic rings. The fourth-order valence-electron chi connectivity index (χ4n) is 0.547. The summed E-state index contributed by atoms with van der Waals surface area (Å²) in [6, 6.07) is 0. The van der Waals surface area contributed by atoms with Gasteiger partial charge in [-0.3, -0.25) is 20.2 Å². The Labute approximate surface area is 94.3 Å². The van der Waals surface area contributed by atoms with Gasteiger partial charge in [0.25, 0.3) is 5.70 Å². The van der Waals surface area contributed by atoms with Crippen LogP contribution in [0.25, 0.3) is 0 Å². The lowest BCUT2D eigenvalue weighted by atomic mass is 10.2. The quantitative estimate of drug-likeness (QED) is 0.420. The van der Waals surface area contributed by atoms with Gasteiger partial charge in [0.1, 0.15) is 0 Å². The predicted molar refractivity (Wildman–Crippen MR) is 62.0 cm³/mol. The summed E-state index contributed by atoms with van der Waals surface area (Å²) in [5.74, 6) is 0. The molecule has 0 aliphatic heterocycles. The van der Waals surface area contributed by atoms with E-state index in [1.807, 2.05) is 13.8 Å². The summed E-state index contributed by atoms with van der Waals surface area (Å²) < 4.78 is 0. The third kappa shape index (κ3) is 6.47. The van der Waals surface area contributed by atoms with Crippen LogP contribution in [0.5, 0.6) is 0 Å². The Balaban J connectivity index is 0. The van der Waals surface area contributed by atoms with E-state index in [0.717, 1.165) is 0 Å². The molecule has 0 aromatic heterocycles. The summed E-state index contributed by atoms with van der Waals surface area (Å²) in [4.78, 5) is 19.2. The highest BCUT2D eigenvalue weighted by atomic mass is 16.6. The topological polar surface area (TPSA) is 86.3 Å². The van der Waals surface area contributed by atoms with Gasteiger partial charge < -0.3 is 0 Å². The molecule has 6 nitrogen and oxygen atoms in total. The zero-order valence-electron chi connectivity index (χ0n) is 9.89. The van der Waals surface area contributed by atoms with Gasteiger partial charge in [-0.2, -0.15) is 0 Å². The molecule has 0 aromatic rings. The Kier molecular flexibility index (Phi) is 8.57. The van der Waals surface area contributed by atoms with Crippen LogP contribution in [0.2, 0.25) is 0 Å². The summed E-state index contributed by atoms with van der Waals surface area (Å²) in [6.45, 7) is 9.98. The van der Waals surface area contributed by atoms with Gasteiger partial charge in [0, 0.05) is 18.6 Å². The van der Waals surface area contributed by atoms with Crippen molar-refractivity contribution in [3.05, 3.63) is 55.9 Å². The van der Waals surface area contributed by atoms with Gasteiger partial charge in [-0.05, 0) is 19.6 Å². The Morgan fingerprint density at radius 3 is 1.81 bits per heavy atom. The Bertz CT molecular complexity index is 343. The lowest BCUT2D eigenvalue weighted by molar-refractivity contribution is -0.424. The molecule has 0 rings (SSSR count). The van der Waals surface area contributed by atoms with Crippen molar-refractivity contribution >= 4 is 0 Å². The summed E-state index contributed by atoms with van der Waals surface area (Å²) in [6.07, 6.45) is 2.49. The second-order valence-electron chi connectivity index (χ2n) is 2.62. The zero-order chi connectivity index (χ0) is 13.3. The highest BCUT2D eigenvalue weighted by Crippen LogP contribution is 2.07. The van der Waals surface area contributed by atoms with Gasteiger partial charge in [0.2, 0.25) is 5.70 Å². The van der Waals surface area contributed by atoms with Gasteiger partial charge >= 0.3 is 0 Å². The van der Waals surface area contributed by atoms with Gasteiger partial charge in [-0.15, -0.1) is 0 Å². The monoisotopic (exact) mass is 228 g/mol. The summed E-state index contributed by atoms with van der Waals surface area (Å²) >= 11 is 0. The molecule has 0 N–H and O–H groups in total. The van der Waals surface area contributed by atoms with E-state index in [4.69, 9.17) is 0 Å². The smallest absolute Gasteiger partial charge is 0.259 e. The van der Waals surface area contributed by atoms with Crippen molar-refractivity contribution in [3.8, 4) is 0 Å². The van der Waals surface area contributed by atoms with Gasteiger partial charge in [0.15, 0.2) is 0 Å². The first-order valence-corrected chi connectivity index (χ1v) is 4.69. The van der Waals surface area contributed by atoms with Crippen molar-refractivity contribution < 1.29 is 9.85 Å². The first-order chi connectivity index (χ1) is 7.36. The van der Waals surface area contributed by atoms with E-state index in [-0.39, 0.29) is 17.0 Å². The van der Waals surface area contributed by atoms with E-state index in [9.17, 15) is 20.2 Å². The van der Waals surface area contributed by atoms with Crippen LogP contribution in [-0.4, -0.2) is 9.85 Å². The zero-order valence-corrected chi connectivity index (χ0v) is 9.89. The Hall–Kier alpha value is -1.98. The first-order valence-electron chi connectivity index (χ1n) is 4.69. The van der Waals surface area contributed by atoms with Crippen LogP contribution in [0.3, 0.4) is 0 Å². The molecule has 0 aliphatic carbocycles. The molecular weight excluding hydrogens is 212 g/mol. The number of rotatable bonds is 4. The number of nitrogens with zero attached hydrogens (tertiary/aromatic N) is 2. The van der Waals surface area contributed by atoms with Gasteiger partial charge in [0.05, 0.1) is 9.85 Å². The largest absolute Gasteiger partial charge is 0.265 e. The summed E-state index contributed by atoms with van der Waals surface area (Å²) in [5.41, 5.74) is -0.0610. The van der Waals surface area contributed by atoms with Crippen LogP contribution in [0.1, 0.15) is 27.7 Å². The van der Waals surface area contributed by atoms with Crippen LogP contribution < -0.4 is 0 Å². The SMILES string of the molecule is C=C(/C(C)=C\C=C(/C)[N+](=O)[O-])[N+](=O)[O-].CC. The number of hydrogen-bond acceptors (Lipinski definition) is 4. The molecule has 0 aromatic carbocycles. The van der Waals surface area contributed by atoms with E-state index in [1.165, 1.54) is 26.0 Å². The average Bonchev–Trinajstić information content (AvgIpc) is 2.26. The third-order valence-corrected chi connectivity index (χ3v) is 1.54. The second-order valence-corrected chi connectivity index (χ2v) is 2.62. The molecule has 0 radical (unpaired) electrons. The lowest BCUT2D eigenvalue weighted by Gasteiger charge is -1.93. The summed E-state index contributed by atoms with van der Waals surface area (Å²) in [7, 11) is 0. The minimum Gasteiger partial charge on any atom is -0.259 e. The molecule has 90 valence electrons. The Morgan fingerprint density at radius 2 is 1.50 bits per heavy atom. The van der Waals surface area contributed by atoms with Crippen LogP contribution in [0, 0.1) is 20.2 Å². The van der Waals surface area contributed by atoms with E-state index in [2.05, 4.69) is 6.58 Å². The van der Waals surface area contributed by atoms with Crippen molar-refractivity contribution in [3.63, 3.8) is 0 Å². The highest BCUT2D eigenvalue weighted by Gasteiger charge is 2.08. The van der Waals surface area contributed by atoms with Crippen molar-refractivity contribution in [2.45, 2.75) is 27.7 Å². The molecule has 0 saturated heterocycles. The van der Waals surface area contributed by atoms with Gasteiger partial charge in [-0.25, -0.2) is 0 Å². The Morgan fingerprint density at radius 1 is 1.06 bits per heavy atom. The molecule has 0 atom stereocenters. The van der Waals surface area contributed by atoms with Crippen molar-refractivity contribution in [2.75, 3.05) is 0 Å². The van der Waals surface area contributed by atoms with Crippen LogP contribution in [0.4, 0.5) is 0 Å². The third-order valence-electron chi connectivity index (χ3n) is 1.54. The maximum atomic E-state index is 10.2. The predicted octanol–water partition coefficient (Wildman–Crippen LogP) is 2.93. The molecule has 0 heterocycles. The number of allylic oxidation sites excluding steroid dienone is 4. The average molecular weight is 228 g/mol. The molecule has 16 heavy (non-hydrogen) atoms. The van der Waals surface area contributed by atoms with E-state index in [1.54, 1.807) is 0 Å². The number of nitro groups is 2. The molecule has 0 spiro atoms. The molecule has 0 unspecified atom stereocenters. The van der Waals surface area contributed by atoms with E-state index in [0.29, 0.717) is 0 Å². The van der Waals surface area contributed by atoms with Crippen molar-refractivity contribution in [1.29, 1.82) is 0 Å². The fraction of sp³-hybridized carbons (Fsp3) is 0.400. The maximum absolute atomic E-state index is 10.2. The van der Waals surface area contributed by atoms with Crippen molar-refractivity contribution in [2.24, 2.45) is 0 Å². The standard InChI is InChI=1S/C8H10N2O4.C2H6/c1-6(8(3)10(13)14)4-5-7(2)9(11)12;1-2/h4-5H,3H2,1-2H3;1-2H3/b6-4-,7-5+;. The number of hydrogen-bond donors (Lipinski definition) is 0. The minimum atomic E-state index is -0.638. The van der Waals surface area contributed by atoms with E-state index < -0.39 is 9.85 Å². The van der Waals surface area contributed by atoms with Crippen LogP contribution in [0.15, 0.2) is 35.7 Å². The summed E-state index contributed by atoms with van der Waals surface area (Å²) in [5, 5.41) is 20.4. The van der Waals surface area contributed by atoms with Crippen molar-refractivity contribution in [1.82, 2.24) is 0 Å². The molecular formula is C10H16N2O4. The molecule has 0 saturated carbocycles. The van der Waals surface area contributed by atoms with Crippen LogP contribution in [-0.2, 0) is 0 Å². The van der Waals surface area contributed by atoms with Gasteiger partial charge in [-0.1, -0.05) is 13.8 Å². The minimum absolute atomic E-state index is 0.0829. The first kappa shape index (κ1) is 16.4. The molecule has 0 amide bonds. The van der Waals surface area contributed by atoms with Crippen LogP contribution >= 0.6 is 0 Å². The highest BCUT2D eigenvalue weighted by molar-refractivity contribution is 5.25. The maximum Gasteiger partial charge on any atom is 0.265 e. The molecule has 6 heteroatoms. The normalized spacial score (nSPS) is 11.2. The fourth-order valence-corrected chi connectivity index (χ4v) is 0.547. The molecule has 0 bridgehead atoms. The second kappa shape index (κ2) is 8.34. The molecule has 0 fully saturated rings. The van der Waals surface area contributed by atoms with E-state index >= 15 is 0 Å².